The number of hydrogen-bond acceptors (Lipinski definition) is 5. The number of fused-ring (bicyclic) bond motifs is 1. The second-order valence-corrected chi connectivity index (χ2v) is 6.47. The fourth-order valence-electron chi connectivity index (χ4n) is 3.05. The molecule has 1 atom stereocenters. The second kappa shape index (κ2) is 7.87. The minimum absolute atomic E-state index is 0.134. The third kappa shape index (κ3) is 3.83. The van der Waals surface area contributed by atoms with Gasteiger partial charge in [-0.3, -0.25) is 9.48 Å². The summed E-state index contributed by atoms with van der Waals surface area (Å²) in [5.41, 5.74) is 2.51. The molecule has 140 valence electrons. The van der Waals surface area contributed by atoms with Gasteiger partial charge in [0, 0.05) is 19.2 Å². The van der Waals surface area contributed by atoms with E-state index in [1.54, 1.807) is 10.9 Å². The van der Waals surface area contributed by atoms with E-state index in [9.17, 15) is 4.79 Å². The van der Waals surface area contributed by atoms with Gasteiger partial charge in [0.25, 0.3) is 0 Å². The number of aromatic nitrogens is 4. The molecule has 0 unspecified atom stereocenters. The molecular formula is C21H20N6O. The minimum Gasteiger partial charge on any atom is -0.357 e. The predicted molar refractivity (Wildman–Crippen MR) is 109 cm³/mol. The second-order valence-electron chi connectivity index (χ2n) is 6.47. The van der Waals surface area contributed by atoms with Gasteiger partial charge in [-0.25, -0.2) is 9.97 Å². The van der Waals surface area contributed by atoms with Gasteiger partial charge in [0.05, 0.1) is 11.6 Å². The van der Waals surface area contributed by atoms with Crippen LogP contribution in [0, 0.1) is 0 Å². The highest BCUT2D eigenvalue weighted by atomic mass is 16.2. The first-order valence-electron chi connectivity index (χ1n) is 9.00. The molecule has 0 aliphatic carbocycles. The zero-order valence-electron chi connectivity index (χ0n) is 15.4. The molecule has 7 nitrogen and oxygen atoms in total. The Bertz CT molecular complexity index is 1080. The van der Waals surface area contributed by atoms with E-state index in [1.165, 1.54) is 6.33 Å². The molecule has 7 heteroatoms. The number of nitrogens with one attached hydrogen (secondary N) is 2. The van der Waals surface area contributed by atoms with E-state index < -0.39 is 6.04 Å². The Morgan fingerprint density at radius 1 is 1.04 bits per heavy atom. The average molecular weight is 372 g/mol. The summed E-state index contributed by atoms with van der Waals surface area (Å²) in [6.07, 6.45) is 3.69. The van der Waals surface area contributed by atoms with Gasteiger partial charge >= 0.3 is 0 Å². The zero-order valence-corrected chi connectivity index (χ0v) is 15.4. The summed E-state index contributed by atoms with van der Waals surface area (Å²) in [7, 11) is 1.82. The van der Waals surface area contributed by atoms with E-state index in [2.05, 4.69) is 25.7 Å². The lowest BCUT2D eigenvalue weighted by atomic mass is 10.0. The fourth-order valence-corrected chi connectivity index (χ4v) is 3.05. The summed E-state index contributed by atoms with van der Waals surface area (Å²) >= 11 is 0. The third-order valence-electron chi connectivity index (χ3n) is 4.48. The van der Waals surface area contributed by atoms with Crippen LogP contribution in [0.5, 0.6) is 0 Å². The lowest BCUT2D eigenvalue weighted by Crippen LogP contribution is -2.37. The Morgan fingerprint density at radius 2 is 1.75 bits per heavy atom. The summed E-state index contributed by atoms with van der Waals surface area (Å²) in [6, 6.07) is 18.8. The molecule has 2 N–H and O–H groups in total. The van der Waals surface area contributed by atoms with Crippen molar-refractivity contribution in [3.8, 4) is 0 Å². The number of anilines is 2. The molecule has 0 saturated carbocycles. The molecule has 4 rings (SSSR count). The largest absolute Gasteiger partial charge is 0.357 e. The number of hydrogen-bond donors (Lipinski definition) is 2. The van der Waals surface area contributed by atoms with Crippen molar-refractivity contribution in [1.82, 2.24) is 19.7 Å². The Kier molecular flexibility index (Phi) is 4.97. The summed E-state index contributed by atoms with van der Waals surface area (Å²) in [6.45, 7) is 0. The van der Waals surface area contributed by atoms with Gasteiger partial charge in [0.15, 0.2) is 5.65 Å². The van der Waals surface area contributed by atoms with Crippen molar-refractivity contribution in [2.24, 2.45) is 7.05 Å². The monoisotopic (exact) mass is 372 g/mol. The molecule has 0 fully saturated rings. The summed E-state index contributed by atoms with van der Waals surface area (Å²) in [4.78, 5) is 21.6. The first kappa shape index (κ1) is 17.7. The maximum Gasteiger partial charge on any atom is 0.247 e. The number of carbonyl (C=O) groups excluding carboxylic acids is 1. The van der Waals surface area contributed by atoms with Crippen molar-refractivity contribution in [3.05, 3.63) is 78.8 Å². The number of rotatable bonds is 6. The first-order valence-corrected chi connectivity index (χ1v) is 9.00. The van der Waals surface area contributed by atoms with Gasteiger partial charge < -0.3 is 10.6 Å². The topological polar surface area (TPSA) is 84.7 Å². The molecule has 2 aromatic heterocycles. The maximum atomic E-state index is 13.0. The lowest BCUT2D eigenvalue weighted by molar-refractivity contribution is -0.116. The number of amides is 1. The Morgan fingerprint density at radius 3 is 2.50 bits per heavy atom. The van der Waals surface area contributed by atoms with Crippen LogP contribution >= 0.6 is 0 Å². The van der Waals surface area contributed by atoms with Crippen LogP contribution in [0.4, 0.5) is 11.5 Å². The van der Waals surface area contributed by atoms with Gasteiger partial charge in [0.1, 0.15) is 18.2 Å². The Balaban J connectivity index is 1.63. The fraction of sp³-hybridized carbons (Fsp3) is 0.143. The quantitative estimate of drug-likeness (QED) is 0.543. The number of aryl methyl sites for hydroxylation is 1. The standard InChI is InChI=1S/C21H20N6O/c1-27-20-17(13-24-27)19(22-14-23-20)26-18(12-15-8-4-2-5-9-15)21(28)25-16-10-6-3-7-11-16/h2-11,13-14,18H,12H2,1H3,(H,25,28)(H,22,23,26)/t18-/m1/s1. The number of nitrogens with zero attached hydrogens (tertiary/aromatic N) is 4. The van der Waals surface area contributed by atoms with Gasteiger partial charge in [-0.05, 0) is 17.7 Å². The third-order valence-corrected chi connectivity index (χ3v) is 4.48. The van der Waals surface area contributed by atoms with E-state index in [4.69, 9.17) is 0 Å². The van der Waals surface area contributed by atoms with E-state index in [0.717, 1.165) is 16.6 Å². The summed E-state index contributed by atoms with van der Waals surface area (Å²) in [5.74, 6) is 0.452. The molecule has 4 aromatic rings. The molecule has 28 heavy (non-hydrogen) atoms. The van der Waals surface area contributed by atoms with Crippen LogP contribution in [0.1, 0.15) is 5.56 Å². The van der Waals surface area contributed by atoms with Crippen molar-refractivity contribution < 1.29 is 4.79 Å². The SMILES string of the molecule is Cn1ncc2c(N[C@H](Cc3ccccc3)C(=O)Nc3ccccc3)ncnc21. The first-order chi connectivity index (χ1) is 13.7. The van der Waals surface area contributed by atoms with Crippen molar-refractivity contribution in [2.45, 2.75) is 12.5 Å². The smallest absolute Gasteiger partial charge is 0.247 e. The van der Waals surface area contributed by atoms with E-state index in [0.29, 0.717) is 17.9 Å². The van der Waals surface area contributed by atoms with Crippen LogP contribution in [0.2, 0.25) is 0 Å². The molecule has 0 aliphatic heterocycles. The lowest BCUT2D eigenvalue weighted by Gasteiger charge is -2.19. The van der Waals surface area contributed by atoms with Crippen LogP contribution in [-0.2, 0) is 18.3 Å². The van der Waals surface area contributed by atoms with Gasteiger partial charge in [-0.2, -0.15) is 5.10 Å². The molecule has 0 spiro atoms. The zero-order chi connectivity index (χ0) is 19.3. The highest BCUT2D eigenvalue weighted by Gasteiger charge is 2.21. The Hall–Kier alpha value is -3.74. The molecule has 2 heterocycles. The van der Waals surface area contributed by atoms with Crippen LogP contribution in [0.3, 0.4) is 0 Å². The van der Waals surface area contributed by atoms with E-state index in [1.807, 2.05) is 67.7 Å². The van der Waals surface area contributed by atoms with Crippen molar-refractivity contribution >= 4 is 28.4 Å². The van der Waals surface area contributed by atoms with Crippen molar-refractivity contribution in [1.29, 1.82) is 0 Å². The van der Waals surface area contributed by atoms with Crippen molar-refractivity contribution in [2.75, 3.05) is 10.6 Å². The van der Waals surface area contributed by atoms with Crippen LogP contribution in [0.15, 0.2) is 73.2 Å². The molecule has 1 amide bonds. The van der Waals surface area contributed by atoms with Gasteiger partial charge in [-0.15, -0.1) is 0 Å². The molecule has 0 aliphatic rings. The highest BCUT2D eigenvalue weighted by Crippen LogP contribution is 2.20. The predicted octanol–water partition coefficient (Wildman–Crippen LogP) is 3.03. The van der Waals surface area contributed by atoms with E-state index >= 15 is 0 Å². The average Bonchev–Trinajstić information content (AvgIpc) is 3.11. The minimum atomic E-state index is -0.513. The summed E-state index contributed by atoms with van der Waals surface area (Å²) < 4.78 is 1.68. The number of benzene rings is 2. The molecule has 0 radical (unpaired) electrons. The molecular weight excluding hydrogens is 352 g/mol. The van der Waals surface area contributed by atoms with Crippen LogP contribution < -0.4 is 10.6 Å². The normalized spacial score (nSPS) is 11.9. The van der Waals surface area contributed by atoms with Crippen molar-refractivity contribution in [3.63, 3.8) is 0 Å². The van der Waals surface area contributed by atoms with Gasteiger partial charge in [-0.1, -0.05) is 48.5 Å². The van der Waals surface area contributed by atoms with E-state index in [-0.39, 0.29) is 5.91 Å². The van der Waals surface area contributed by atoms with Crippen LogP contribution in [-0.4, -0.2) is 31.7 Å². The number of para-hydroxylation sites is 1. The van der Waals surface area contributed by atoms with Gasteiger partial charge in [0.2, 0.25) is 5.91 Å². The highest BCUT2D eigenvalue weighted by molar-refractivity contribution is 5.98. The molecule has 0 bridgehead atoms. The van der Waals surface area contributed by atoms with Crippen LogP contribution in [0.25, 0.3) is 11.0 Å². The number of carbonyl (C=O) groups is 1. The molecule has 0 saturated heterocycles. The Labute approximate surface area is 162 Å². The summed E-state index contributed by atoms with van der Waals surface area (Å²) in [5, 5.41) is 11.3. The molecule has 2 aromatic carbocycles. The maximum absolute atomic E-state index is 13.0.